The number of anilines is 1. The first-order valence-electron chi connectivity index (χ1n) is 5.72. The maximum absolute atomic E-state index is 6.17. The molecule has 0 saturated carbocycles. The Kier molecular flexibility index (Phi) is 4.47. The Hall–Kier alpha value is -0.280. The highest BCUT2D eigenvalue weighted by Crippen LogP contribution is 2.28. The number of nitrogens with zero attached hydrogens (tertiary/aromatic N) is 2. The van der Waals surface area contributed by atoms with E-state index in [2.05, 4.69) is 25.8 Å². The van der Waals surface area contributed by atoms with Gasteiger partial charge in [0.1, 0.15) is 5.82 Å². The molecule has 1 atom stereocenters. The maximum Gasteiger partial charge on any atom is 0.147 e. The molecule has 0 amide bonds. The number of rotatable bonds is 3. The standard InChI is InChI=1S/C12H16BrClN2/c13-6-5-10-3-2-8-16(9-10)12-11(14)4-1-7-15-12/h1,4,7,10H,2-3,5-6,8-9H2. The largest absolute Gasteiger partial charge is 0.355 e. The molecule has 1 aromatic heterocycles. The molecular formula is C12H16BrClN2. The molecule has 0 aliphatic carbocycles. The van der Waals surface area contributed by atoms with Crippen molar-refractivity contribution in [2.45, 2.75) is 19.3 Å². The summed E-state index contributed by atoms with van der Waals surface area (Å²) in [7, 11) is 0. The summed E-state index contributed by atoms with van der Waals surface area (Å²) in [5.41, 5.74) is 0. The van der Waals surface area contributed by atoms with Crippen LogP contribution in [0.2, 0.25) is 5.02 Å². The molecule has 2 heterocycles. The fourth-order valence-corrected chi connectivity index (χ4v) is 3.15. The molecule has 0 aromatic carbocycles. The van der Waals surface area contributed by atoms with Crippen molar-refractivity contribution in [3.05, 3.63) is 23.4 Å². The molecule has 4 heteroatoms. The highest BCUT2D eigenvalue weighted by Gasteiger charge is 2.21. The Balaban J connectivity index is 2.07. The van der Waals surface area contributed by atoms with Gasteiger partial charge in [-0.05, 0) is 37.3 Å². The molecule has 1 unspecified atom stereocenters. The Morgan fingerprint density at radius 3 is 3.19 bits per heavy atom. The van der Waals surface area contributed by atoms with Gasteiger partial charge >= 0.3 is 0 Å². The van der Waals surface area contributed by atoms with Crippen molar-refractivity contribution in [2.75, 3.05) is 23.3 Å². The number of hydrogen-bond donors (Lipinski definition) is 0. The van der Waals surface area contributed by atoms with Crippen LogP contribution >= 0.6 is 27.5 Å². The van der Waals surface area contributed by atoms with Crippen LogP contribution in [0, 0.1) is 5.92 Å². The SMILES string of the molecule is Clc1cccnc1N1CCCC(CCBr)C1. The van der Waals surface area contributed by atoms with Gasteiger partial charge < -0.3 is 4.90 Å². The van der Waals surface area contributed by atoms with Gasteiger partial charge in [-0.15, -0.1) is 0 Å². The van der Waals surface area contributed by atoms with Gasteiger partial charge in [-0.3, -0.25) is 0 Å². The normalized spacial score (nSPS) is 21.1. The van der Waals surface area contributed by atoms with Crippen LogP contribution in [0.3, 0.4) is 0 Å². The molecule has 16 heavy (non-hydrogen) atoms. The monoisotopic (exact) mass is 302 g/mol. The van der Waals surface area contributed by atoms with Crippen LogP contribution in [-0.4, -0.2) is 23.4 Å². The van der Waals surface area contributed by atoms with Crippen LogP contribution < -0.4 is 4.90 Å². The van der Waals surface area contributed by atoms with Gasteiger partial charge in [0, 0.05) is 24.6 Å². The molecule has 0 radical (unpaired) electrons. The Morgan fingerprint density at radius 1 is 1.56 bits per heavy atom. The van der Waals surface area contributed by atoms with Crippen molar-refractivity contribution in [1.82, 2.24) is 4.98 Å². The Bertz CT molecular complexity index is 344. The number of aromatic nitrogens is 1. The number of hydrogen-bond acceptors (Lipinski definition) is 2. The summed E-state index contributed by atoms with van der Waals surface area (Å²) in [6.07, 6.45) is 5.62. The van der Waals surface area contributed by atoms with Gasteiger partial charge in [-0.1, -0.05) is 27.5 Å². The number of piperidine rings is 1. The van der Waals surface area contributed by atoms with Gasteiger partial charge in [0.15, 0.2) is 0 Å². The summed E-state index contributed by atoms with van der Waals surface area (Å²) < 4.78 is 0. The molecule has 1 aliphatic rings. The summed E-state index contributed by atoms with van der Waals surface area (Å²) in [6, 6.07) is 3.80. The first kappa shape index (κ1) is 12.2. The van der Waals surface area contributed by atoms with Crippen LogP contribution in [0.5, 0.6) is 0 Å². The fourth-order valence-electron chi connectivity index (χ4n) is 2.26. The van der Waals surface area contributed by atoms with E-state index in [-0.39, 0.29) is 0 Å². The van der Waals surface area contributed by atoms with Gasteiger partial charge in [-0.2, -0.15) is 0 Å². The van der Waals surface area contributed by atoms with E-state index in [0.717, 1.165) is 35.2 Å². The van der Waals surface area contributed by atoms with Gasteiger partial charge in [-0.25, -0.2) is 4.98 Å². The number of halogens is 2. The van der Waals surface area contributed by atoms with Crippen molar-refractivity contribution in [2.24, 2.45) is 5.92 Å². The molecule has 0 bridgehead atoms. The zero-order valence-corrected chi connectivity index (χ0v) is 11.5. The van der Waals surface area contributed by atoms with Crippen LogP contribution in [0.1, 0.15) is 19.3 Å². The molecule has 1 saturated heterocycles. The zero-order valence-electron chi connectivity index (χ0n) is 9.20. The maximum atomic E-state index is 6.17. The van der Waals surface area contributed by atoms with E-state index in [1.165, 1.54) is 19.3 Å². The summed E-state index contributed by atoms with van der Waals surface area (Å²) >= 11 is 9.68. The fraction of sp³-hybridized carbons (Fsp3) is 0.583. The minimum Gasteiger partial charge on any atom is -0.355 e. The summed E-state index contributed by atoms with van der Waals surface area (Å²) in [5.74, 6) is 1.72. The number of pyridine rings is 1. The smallest absolute Gasteiger partial charge is 0.147 e. The van der Waals surface area contributed by atoms with Crippen molar-refractivity contribution < 1.29 is 0 Å². The van der Waals surface area contributed by atoms with Crippen molar-refractivity contribution in [1.29, 1.82) is 0 Å². The lowest BCUT2D eigenvalue weighted by atomic mass is 9.96. The van der Waals surface area contributed by atoms with Crippen LogP contribution in [0.25, 0.3) is 0 Å². The predicted molar refractivity (Wildman–Crippen MR) is 72.6 cm³/mol. The quantitative estimate of drug-likeness (QED) is 0.791. The second-order valence-corrected chi connectivity index (χ2v) is 5.44. The van der Waals surface area contributed by atoms with Crippen LogP contribution in [0.4, 0.5) is 5.82 Å². The predicted octanol–water partition coefficient (Wildman–Crippen LogP) is 3.74. The molecule has 0 N–H and O–H groups in total. The average molecular weight is 304 g/mol. The molecule has 1 aromatic rings. The van der Waals surface area contributed by atoms with Gasteiger partial charge in [0.2, 0.25) is 0 Å². The lowest BCUT2D eigenvalue weighted by Gasteiger charge is -2.33. The molecule has 1 aliphatic heterocycles. The zero-order chi connectivity index (χ0) is 11.4. The molecule has 2 rings (SSSR count). The third kappa shape index (κ3) is 2.89. The van der Waals surface area contributed by atoms with Crippen molar-refractivity contribution in [3.63, 3.8) is 0 Å². The van der Waals surface area contributed by atoms with Crippen LogP contribution in [0.15, 0.2) is 18.3 Å². The molecule has 0 spiro atoms. The molecule has 2 nitrogen and oxygen atoms in total. The minimum absolute atomic E-state index is 0.766. The van der Waals surface area contributed by atoms with Gasteiger partial charge in [0.05, 0.1) is 5.02 Å². The Labute approximate surface area is 110 Å². The summed E-state index contributed by atoms with van der Waals surface area (Å²) in [4.78, 5) is 6.70. The van der Waals surface area contributed by atoms with Crippen molar-refractivity contribution in [3.8, 4) is 0 Å². The first-order chi connectivity index (χ1) is 7.81. The second kappa shape index (κ2) is 5.87. The van der Waals surface area contributed by atoms with E-state index in [0.29, 0.717) is 0 Å². The lowest BCUT2D eigenvalue weighted by Crippen LogP contribution is -2.36. The van der Waals surface area contributed by atoms with E-state index in [4.69, 9.17) is 11.6 Å². The average Bonchev–Trinajstić information content (AvgIpc) is 2.30. The minimum atomic E-state index is 0.766. The third-order valence-electron chi connectivity index (χ3n) is 3.07. The van der Waals surface area contributed by atoms with E-state index in [1.807, 2.05) is 18.3 Å². The van der Waals surface area contributed by atoms with E-state index >= 15 is 0 Å². The van der Waals surface area contributed by atoms with E-state index in [9.17, 15) is 0 Å². The summed E-state index contributed by atoms with van der Waals surface area (Å²) in [5, 5.41) is 1.85. The highest BCUT2D eigenvalue weighted by atomic mass is 79.9. The third-order valence-corrected chi connectivity index (χ3v) is 3.83. The topological polar surface area (TPSA) is 16.1 Å². The summed E-state index contributed by atoms with van der Waals surface area (Å²) in [6.45, 7) is 2.16. The second-order valence-electron chi connectivity index (χ2n) is 4.24. The van der Waals surface area contributed by atoms with E-state index < -0.39 is 0 Å². The highest BCUT2D eigenvalue weighted by molar-refractivity contribution is 9.09. The van der Waals surface area contributed by atoms with E-state index in [1.54, 1.807) is 0 Å². The molecule has 1 fully saturated rings. The Morgan fingerprint density at radius 2 is 2.44 bits per heavy atom. The lowest BCUT2D eigenvalue weighted by molar-refractivity contribution is 0.406. The molecular weight excluding hydrogens is 288 g/mol. The van der Waals surface area contributed by atoms with Crippen molar-refractivity contribution >= 4 is 33.3 Å². The molecule has 88 valence electrons. The number of alkyl halides is 1. The van der Waals surface area contributed by atoms with Crippen LogP contribution in [-0.2, 0) is 0 Å². The first-order valence-corrected chi connectivity index (χ1v) is 7.22. The van der Waals surface area contributed by atoms with Gasteiger partial charge in [0.25, 0.3) is 0 Å².